The molecule has 0 bridgehead atoms. The summed E-state index contributed by atoms with van der Waals surface area (Å²) in [6.45, 7) is 2.24. The van der Waals surface area contributed by atoms with Crippen LogP contribution in [0, 0.1) is 0 Å². The van der Waals surface area contributed by atoms with Gasteiger partial charge in [-0.3, -0.25) is 0 Å². The van der Waals surface area contributed by atoms with Gasteiger partial charge in [0.1, 0.15) is 0 Å². The summed E-state index contributed by atoms with van der Waals surface area (Å²) in [5.41, 5.74) is 2.09. The molecule has 0 atom stereocenters. The van der Waals surface area contributed by atoms with Gasteiger partial charge in [-0.25, -0.2) is 4.79 Å². The van der Waals surface area contributed by atoms with Gasteiger partial charge in [-0.2, -0.15) is 0 Å². The summed E-state index contributed by atoms with van der Waals surface area (Å²) in [7, 11) is 0. The summed E-state index contributed by atoms with van der Waals surface area (Å²) in [4.78, 5) is 11.8. The van der Waals surface area contributed by atoms with E-state index in [0.717, 1.165) is 0 Å². The maximum atomic E-state index is 11.8. The lowest BCUT2D eigenvalue weighted by Crippen LogP contribution is -2.04. The van der Waals surface area contributed by atoms with Crippen LogP contribution in [-0.2, 0) is 4.74 Å². The SMILES string of the molecule is CCOC(=O)c1ccc2c(C3CCCC3)c(Br)sc2c1. The third kappa shape index (κ3) is 2.51. The predicted octanol–water partition coefficient (Wildman–Crippen LogP) is 5.50. The predicted molar refractivity (Wildman–Crippen MR) is 86.7 cm³/mol. The third-order valence-corrected chi connectivity index (χ3v) is 5.83. The minimum atomic E-state index is -0.235. The van der Waals surface area contributed by atoms with Crippen molar-refractivity contribution in [1.82, 2.24) is 0 Å². The van der Waals surface area contributed by atoms with Gasteiger partial charge in [-0.15, -0.1) is 11.3 Å². The molecule has 1 aliphatic carbocycles. The molecule has 0 aliphatic heterocycles. The van der Waals surface area contributed by atoms with Crippen LogP contribution in [0.5, 0.6) is 0 Å². The number of carbonyl (C=O) groups excluding carboxylic acids is 1. The van der Waals surface area contributed by atoms with Crippen LogP contribution in [0.15, 0.2) is 22.0 Å². The molecule has 2 aromatic rings. The molecular weight excluding hydrogens is 336 g/mol. The molecule has 1 aliphatic rings. The molecule has 1 saturated carbocycles. The molecular formula is C16H17BrO2S. The number of carbonyl (C=O) groups is 1. The Morgan fingerprint density at radius 1 is 1.40 bits per heavy atom. The van der Waals surface area contributed by atoms with E-state index in [2.05, 4.69) is 22.0 Å². The normalized spacial score (nSPS) is 15.9. The highest BCUT2D eigenvalue weighted by molar-refractivity contribution is 9.11. The molecule has 1 fully saturated rings. The van der Waals surface area contributed by atoms with E-state index in [9.17, 15) is 4.79 Å². The molecule has 2 nitrogen and oxygen atoms in total. The Labute approximate surface area is 131 Å². The van der Waals surface area contributed by atoms with Gasteiger partial charge in [0.15, 0.2) is 0 Å². The van der Waals surface area contributed by atoms with Crippen molar-refractivity contribution in [3.63, 3.8) is 0 Å². The molecule has 106 valence electrons. The number of thiophene rings is 1. The first-order valence-corrected chi connectivity index (χ1v) is 8.70. The lowest BCUT2D eigenvalue weighted by Gasteiger charge is -2.09. The highest BCUT2D eigenvalue weighted by Crippen LogP contribution is 2.45. The van der Waals surface area contributed by atoms with Crippen LogP contribution in [0.1, 0.15) is 54.4 Å². The average molecular weight is 353 g/mol. The zero-order valence-corrected chi connectivity index (χ0v) is 13.9. The maximum absolute atomic E-state index is 11.8. The molecule has 1 aromatic carbocycles. The van der Waals surface area contributed by atoms with E-state index in [1.807, 2.05) is 19.1 Å². The van der Waals surface area contributed by atoms with Crippen molar-refractivity contribution in [3.8, 4) is 0 Å². The van der Waals surface area contributed by atoms with Crippen molar-refractivity contribution < 1.29 is 9.53 Å². The quantitative estimate of drug-likeness (QED) is 0.681. The molecule has 0 saturated heterocycles. The molecule has 20 heavy (non-hydrogen) atoms. The Hall–Kier alpha value is -0.870. The first-order valence-electron chi connectivity index (χ1n) is 7.09. The lowest BCUT2D eigenvalue weighted by molar-refractivity contribution is 0.0526. The van der Waals surface area contributed by atoms with Crippen molar-refractivity contribution in [2.24, 2.45) is 0 Å². The molecule has 0 unspecified atom stereocenters. The monoisotopic (exact) mass is 352 g/mol. The minimum Gasteiger partial charge on any atom is -0.462 e. The minimum absolute atomic E-state index is 0.235. The smallest absolute Gasteiger partial charge is 0.338 e. The summed E-state index contributed by atoms with van der Waals surface area (Å²) in [6, 6.07) is 5.93. The van der Waals surface area contributed by atoms with Crippen LogP contribution >= 0.6 is 27.3 Å². The second-order valence-electron chi connectivity index (χ2n) is 5.20. The zero-order chi connectivity index (χ0) is 14.1. The van der Waals surface area contributed by atoms with Crippen LogP contribution in [0.2, 0.25) is 0 Å². The van der Waals surface area contributed by atoms with Crippen molar-refractivity contribution in [2.75, 3.05) is 6.61 Å². The number of ether oxygens (including phenoxy) is 1. The van der Waals surface area contributed by atoms with E-state index in [4.69, 9.17) is 4.74 Å². The van der Waals surface area contributed by atoms with E-state index in [-0.39, 0.29) is 5.97 Å². The fourth-order valence-corrected chi connectivity index (χ4v) is 5.14. The van der Waals surface area contributed by atoms with Crippen LogP contribution in [-0.4, -0.2) is 12.6 Å². The number of hydrogen-bond donors (Lipinski definition) is 0. The average Bonchev–Trinajstić information content (AvgIpc) is 3.04. The van der Waals surface area contributed by atoms with Gasteiger partial charge < -0.3 is 4.74 Å². The number of halogens is 1. The van der Waals surface area contributed by atoms with Crippen molar-refractivity contribution in [3.05, 3.63) is 33.1 Å². The first kappa shape index (κ1) is 14.1. The first-order chi connectivity index (χ1) is 9.70. The Morgan fingerprint density at radius 3 is 2.85 bits per heavy atom. The number of benzene rings is 1. The Bertz CT molecular complexity index is 641. The van der Waals surface area contributed by atoms with E-state index < -0.39 is 0 Å². The zero-order valence-electron chi connectivity index (χ0n) is 11.4. The highest BCUT2D eigenvalue weighted by atomic mass is 79.9. The standard InChI is InChI=1S/C16H17BrO2S/c1-2-19-16(18)11-7-8-12-13(9-11)20-15(17)14(12)10-5-3-4-6-10/h7-10H,2-6H2,1H3. The molecule has 1 heterocycles. The van der Waals surface area contributed by atoms with E-state index in [1.165, 1.54) is 45.1 Å². The van der Waals surface area contributed by atoms with E-state index in [1.54, 1.807) is 11.3 Å². The summed E-state index contributed by atoms with van der Waals surface area (Å²) in [5.74, 6) is 0.438. The molecule has 1 aromatic heterocycles. The fourth-order valence-electron chi connectivity index (χ4n) is 3.02. The van der Waals surface area contributed by atoms with Crippen molar-refractivity contribution in [1.29, 1.82) is 0 Å². The van der Waals surface area contributed by atoms with Crippen LogP contribution in [0.25, 0.3) is 10.1 Å². The van der Waals surface area contributed by atoms with Crippen LogP contribution in [0.4, 0.5) is 0 Å². The Morgan fingerprint density at radius 2 is 2.15 bits per heavy atom. The molecule has 0 N–H and O–H groups in total. The van der Waals surface area contributed by atoms with Crippen LogP contribution < -0.4 is 0 Å². The van der Waals surface area contributed by atoms with Gasteiger partial charge in [0.2, 0.25) is 0 Å². The van der Waals surface area contributed by atoms with Crippen LogP contribution in [0.3, 0.4) is 0 Å². The topological polar surface area (TPSA) is 26.3 Å². The summed E-state index contributed by atoms with van der Waals surface area (Å²) < 4.78 is 7.46. The van der Waals surface area contributed by atoms with E-state index in [0.29, 0.717) is 18.1 Å². The lowest BCUT2D eigenvalue weighted by atomic mass is 9.97. The molecule has 0 amide bonds. The second-order valence-corrected chi connectivity index (χ2v) is 7.57. The molecule has 0 radical (unpaired) electrons. The largest absolute Gasteiger partial charge is 0.462 e. The summed E-state index contributed by atoms with van der Waals surface area (Å²) in [6.07, 6.45) is 5.22. The number of hydrogen-bond acceptors (Lipinski definition) is 3. The fraction of sp³-hybridized carbons (Fsp3) is 0.438. The van der Waals surface area contributed by atoms with E-state index >= 15 is 0 Å². The molecule has 4 heteroatoms. The van der Waals surface area contributed by atoms with Crippen molar-refractivity contribution >= 4 is 43.3 Å². The van der Waals surface area contributed by atoms with Gasteiger partial charge in [0, 0.05) is 4.70 Å². The van der Waals surface area contributed by atoms with Gasteiger partial charge >= 0.3 is 5.97 Å². The highest BCUT2D eigenvalue weighted by Gasteiger charge is 2.23. The second kappa shape index (κ2) is 5.86. The van der Waals surface area contributed by atoms with Crippen molar-refractivity contribution in [2.45, 2.75) is 38.5 Å². The Kier molecular flexibility index (Phi) is 4.13. The number of esters is 1. The third-order valence-electron chi connectivity index (χ3n) is 3.96. The Balaban J connectivity index is 2.02. The van der Waals surface area contributed by atoms with Gasteiger partial charge in [0.25, 0.3) is 0 Å². The van der Waals surface area contributed by atoms with Gasteiger partial charge in [-0.1, -0.05) is 18.9 Å². The maximum Gasteiger partial charge on any atom is 0.338 e. The summed E-state index contributed by atoms with van der Waals surface area (Å²) >= 11 is 5.44. The number of fused-ring (bicyclic) bond motifs is 1. The van der Waals surface area contributed by atoms with Gasteiger partial charge in [-0.05, 0) is 64.7 Å². The molecule has 3 rings (SSSR count). The van der Waals surface area contributed by atoms with Gasteiger partial charge in [0.05, 0.1) is 16.0 Å². The summed E-state index contributed by atoms with van der Waals surface area (Å²) in [5, 5.41) is 1.29. The molecule has 0 spiro atoms. The number of rotatable bonds is 3.